The first-order chi connectivity index (χ1) is 12.9. The van der Waals surface area contributed by atoms with E-state index >= 15 is 0 Å². The number of benzene rings is 2. The fraction of sp³-hybridized carbons (Fsp3) is 0.167. The van der Waals surface area contributed by atoms with Crippen LogP contribution in [0, 0.1) is 6.92 Å². The molecule has 3 aromatic rings. The average Bonchev–Trinajstić information content (AvgIpc) is 3.13. The van der Waals surface area contributed by atoms with Gasteiger partial charge in [0, 0.05) is 19.2 Å². The molecule has 0 saturated carbocycles. The molecule has 0 fully saturated rings. The molecule has 0 aliphatic heterocycles. The van der Waals surface area contributed by atoms with Gasteiger partial charge < -0.3 is 0 Å². The van der Waals surface area contributed by atoms with Crippen LogP contribution >= 0.6 is 11.3 Å². The van der Waals surface area contributed by atoms with Gasteiger partial charge in [0.15, 0.2) is 0 Å². The Labute approximate surface area is 161 Å². The van der Waals surface area contributed by atoms with E-state index in [0.29, 0.717) is 5.56 Å². The Hall–Kier alpha value is -2.62. The molecule has 0 saturated heterocycles. The highest BCUT2D eigenvalue weighted by atomic mass is 32.2. The molecule has 0 atom stereocenters. The van der Waals surface area contributed by atoms with Crippen molar-refractivity contribution in [3.05, 3.63) is 71.3 Å². The van der Waals surface area contributed by atoms with Crippen molar-refractivity contribution >= 4 is 32.4 Å². The van der Waals surface area contributed by atoms with Crippen molar-refractivity contribution in [1.82, 2.24) is 14.5 Å². The van der Waals surface area contributed by atoms with Crippen molar-refractivity contribution in [3.63, 3.8) is 0 Å². The molecule has 3 rings (SSSR count). The minimum Gasteiger partial charge on any atom is -0.296 e. The number of carbonyl (C=O) groups is 1. The van der Waals surface area contributed by atoms with E-state index in [0.717, 1.165) is 22.5 Å². The quantitative estimate of drug-likeness (QED) is 0.640. The number of aromatic nitrogens is 2. The lowest BCUT2D eigenvalue weighted by atomic mass is 10.1. The number of anilines is 1. The summed E-state index contributed by atoms with van der Waals surface area (Å²) in [6, 6.07) is 16.2. The van der Waals surface area contributed by atoms with Crippen molar-refractivity contribution in [2.75, 3.05) is 12.4 Å². The zero-order chi connectivity index (χ0) is 19.4. The van der Waals surface area contributed by atoms with E-state index in [1.165, 1.54) is 11.4 Å². The third kappa shape index (κ3) is 4.57. The molecule has 1 N–H and O–H groups in total. The van der Waals surface area contributed by atoms with Gasteiger partial charge >= 0.3 is 0 Å². The van der Waals surface area contributed by atoms with Gasteiger partial charge in [0.25, 0.3) is 15.9 Å². The Morgan fingerprint density at radius 3 is 2.41 bits per heavy atom. The number of sulfonamides is 1. The summed E-state index contributed by atoms with van der Waals surface area (Å²) in [6.45, 7) is 2.19. The Morgan fingerprint density at radius 2 is 1.74 bits per heavy atom. The molecule has 1 heterocycles. The van der Waals surface area contributed by atoms with Crippen LogP contribution in [0.1, 0.15) is 21.5 Å². The number of nitrogens with one attached hydrogen (secondary N) is 1. The van der Waals surface area contributed by atoms with Crippen LogP contribution < -0.4 is 5.32 Å². The lowest BCUT2D eigenvalue weighted by Crippen LogP contribution is -2.26. The van der Waals surface area contributed by atoms with Gasteiger partial charge in [0.2, 0.25) is 9.47 Å². The van der Waals surface area contributed by atoms with Crippen LogP contribution in [0.25, 0.3) is 0 Å². The molecular formula is C18H18N4O3S2. The summed E-state index contributed by atoms with van der Waals surface area (Å²) in [7, 11) is -2.32. The van der Waals surface area contributed by atoms with Gasteiger partial charge in [-0.05, 0) is 24.6 Å². The summed E-state index contributed by atoms with van der Waals surface area (Å²) in [5, 5.41) is 10.2. The number of nitrogens with zero attached hydrogens (tertiary/aromatic N) is 3. The number of rotatable bonds is 6. The van der Waals surface area contributed by atoms with Gasteiger partial charge in [-0.2, -0.15) is 4.31 Å². The first-order valence-corrected chi connectivity index (χ1v) is 10.3. The molecule has 27 heavy (non-hydrogen) atoms. The third-order valence-corrected chi connectivity index (χ3v) is 6.81. The first kappa shape index (κ1) is 19.2. The maximum absolute atomic E-state index is 12.7. The van der Waals surface area contributed by atoms with Crippen LogP contribution in [0.2, 0.25) is 0 Å². The second-order valence-electron chi connectivity index (χ2n) is 5.94. The van der Waals surface area contributed by atoms with Crippen molar-refractivity contribution in [1.29, 1.82) is 0 Å². The minimum atomic E-state index is -3.80. The van der Waals surface area contributed by atoms with Crippen LogP contribution in [-0.4, -0.2) is 35.9 Å². The van der Waals surface area contributed by atoms with Crippen LogP contribution in [0.5, 0.6) is 0 Å². The summed E-state index contributed by atoms with van der Waals surface area (Å²) in [5.74, 6) is -0.372. The smallest absolute Gasteiger partial charge is 0.272 e. The van der Waals surface area contributed by atoms with E-state index in [9.17, 15) is 13.2 Å². The zero-order valence-electron chi connectivity index (χ0n) is 14.8. The van der Waals surface area contributed by atoms with Crippen molar-refractivity contribution < 1.29 is 13.2 Å². The van der Waals surface area contributed by atoms with E-state index in [4.69, 9.17) is 0 Å². The number of carbonyl (C=O) groups excluding carboxylic acids is 1. The summed E-state index contributed by atoms with van der Waals surface area (Å²) in [4.78, 5) is 12.1. The number of hydrogen-bond donors (Lipinski definition) is 1. The number of aryl methyl sites for hydroxylation is 1. The molecule has 2 aromatic carbocycles. The van der Waals surface area contributed by atoms with Crippen molar-refractivity contribution in [3.8, 4) is 0 Å². The summed E-state index contributed by atoms with van der Waals surface area (Å²) >= 11 is 0.820. The van der Waals surface area contributed by atoms with E-state index in [1.807, 2.05) is 31.2 Å². The largest absolute Gasteiger partial charge is 0.296 e. The maximum atomic E-state index is 12.7. The Balaban J connectivity index is 1.72. The lowest BCUT2D eigenvalue weighted by molar-refractivity contribution is 0.102. The molecule has 7 nitrogen and oxygen atoms in total. The Bertz CT molecular complexity index is 1030. The predicted molar refractivity (Wildman–Crippen MR) is 104 cm³/mol. The zero-order valence-corrected chi connectivity index (χ0v) is 16.4. The van der Waals surface area contributed by atoms with Crippen LogP contribution in [0.3, 0.4) is 0 Å². The highest BCUT2D eigenvalue weighted by Gasteiger charge is 2.26. The fourth-order valence-electron chi connectivity index (χ4n) is 2.29. The minimum absolute atomic E-state index is 0.131. The van der Waals surface area contributed by atoms with Gasteiger partial charge in [0.1, 0.15) is 0 Å². The van der Waals surface area contributed by atoms with Crippen molar-refractivity contribution in [2.45, 2.75) is 17.8 Å². The SMILES string of the molecule is Cc1ccc(CN(C)S(=O)(=O)c2nnc(NC(=O)c3ccccc3)s2)cc1. The van der Waals surface area contributed by atoms with Gasteiger partial charge in [-0.25, -0.2) is 8.42 Å². The van der Waals surface area contributed by atoms with E-state index in [1.54, 1.807) is 30.3 Å². The molecule has 0 aliphatic carbocycles. The molecular weight excluding hydrogens is 384 g/mol. The third-order valence-electron chi connectivity index (χ3n) is 3.82. The van der Waals surface area contributed by atoms with E-state index in [-0.39, 0.29) is 21.9 Å². The monoisotopic (exact) mass is 402 g/mol. The van der Waals surface area contributed by atoms with Crippen molar-refractivity contribution in [2.24, 2.45) is 0 Å². The molecule has 0 radical (unpaired) electrons. The normalized spacial score (nSPS) is 11.5. The molecule has 0 aliphatic rings. The summed E-state index contributed by atoms with van der Waals surface area (Å²) < 4.78 is 26.4. The fourth-order valence-corrected chi connectivity index (χ4v) is 4.53. The van der Waals surface area contributed by atoms with Gasteiger partial charge in [-0.15, -0.1) is 10.2 Å². The average molecular weight is 403 g/mol. The second-order valence-corrected chi connectivity index (χ2v) is 9.14. The highest BCUT2D eigenvalue weighted by molar-refractivity contribution is 7.91. The Kier molecular flexibility index (Phi) is 5.64. The molecule has 140 valence electrons. The highest BCUT2D eigenvalue weighted by Crippen LogP contribution is 2.24. The van der Waals surface area contributed by atoms with Crippen LogP contribution in [0.4, 0.5) is 5.13 Å². The van der Waals surface area contributed by atoms with Gasteiger partial charge in [-0.3, -0.25) is 10.1 Å². The molecule has 9 heteroatoms. The Morgan fingerprint density at radius 1 is 1.07 bits per heavy atom. The topological polar surface area (TPSA) is 92.3 Å². The lowest BCUT2D eigenvalue weighted by Gasteiger charge is -2.15. The standard InChI is InChI=1S/C18H18N4O3S2/c1-13-8-10-14(11-9-13)12-22(2)27(24,25)18-21-20-17(26-18)19-16(23)15-6-4-3-5-7-15/h3-11H,12H2,1-2H3,(H,19,20,23). The van der Waals surface area contributed by atoms with E-state index in [2.05, 4.69) is 15.5 Å². The second kappa shape index (κ2) is 7.95. The molecule has 0 spiro atoms. The van der Waals surface area contributed by atoms with Crippen LogP contribution in [0.15, 0.2) is 58.9 Å². The van der Waals surface area contributed by atoms with Gasteiger partial charge in [-0.1, -0.05) is 59.4 Å². The molecule has 1 aromatic heterocycles. The summed E-state index contributed by atoms with van der Waals surface area (Å²) in [6.07, 6.45) is 0. The molecule has 0 unspecified atom stereocenters. The van der Waals surface area contributed by atoms with E-state index < -0.39 is 10.0 Å². The number of amides is 1. The molecule has 0 bridgehead atoms. The first-order valence-electron chi connectivity index (χ1n) is 8.08. The maximum Gasteiger partial charge on any atom is 0.272 e. The summed E-state index contributed by atoms with van der Waals surface area (Å²) in [5.41, 5.74) is 2.43. The number of hydrogen-bond acceptors (Lipinski definition) is 6. The predicted octanol–water partition coefficient (Wildman–Crippen LogP) is 2.92. The molecule has 1 amide bonds. The van der Waals surface area contributed by atoms with Gasteiger partial charge in [0.05, 0.1) is 0 Å². The van der Waals surface area contributed by atoms with Crippen LogP contribution in [-0.2, 0) is 16.6 Å².